The summed E-state index contributed by atoms with van der Waals surface area (Å²) in [6.07, 6.45) is -14.3. The molecular formula is C22H17F6N3O5. The molecule has 1 saturated heterocycles. The Hall–Kier alpha value is -3.65. The largest absolute Gasteiger partial charge is 0.416 e. The Labute approximate surface area is 198 Å². The summed E-state index contributed by atoms with van der Waals surface area (Å²) in [6.45, 7) is -0.560. The van der Waals surface area contributed by atoms with E-state index < -0.39 is 59.7 Å². The quantitative estimate of drug-likeness (QED) is 0.541. The fourth-order valence-corrected chi connectivity index (χ4v) is 3.85. The van der Waals surface area contributed by atoms with E-state index in [-0.39, 0.29) is 30.8 Å². The number of alkyl halides is 6. The number of aliphatic hydroxyl groups is 1. The Kier molecular flexibility index (Phi) is 6.43. The van der Waals surface area contributed by atoms with Crippen LogP contribution in [0.3, 0.4) is 0 Å². The van der Waals surface area contributed by atoms with Crippen LogP contribution in [0.5, 0.6) is 0 Å². The number of hydrogen-bond donors (Lipinski definition) is 3. The third-order valence-electron chi connectivity index (χ3n) is 5.62. The molecule has 2 atom stereocenters. The lowest BCUT2D eigenvalue weighted by atomic mass is 10.0. The van der Waals surface area contributed by atoms with E-state index in [2.05, 4.69) is 10.6 Å². The maximum absolute atomic E-state index is 13.2. The second kappa shape index (κ2) is 9.09. The zero-order valence-electron chi connectivity index (χ0n) is 18.0. The van der Waals surface area contributed by atoms with Crippen LogP contribution in [0.1, 0.15) is 27.0 Å². The number of morpholine rings is 1. The van der Waals surface area contributed by atoms with Gasteiger partial charge in [-0.1, -0.05) is 0 Å². The topological polar surface area (TPSA) is 108 Å². The number of carbonyl (C=O) groups is 3. The average molecular weight is 517 g/mol. The van der Waals surface area contributed by atoms with E-state index in [4.69, 9.17) is 4.74 Å². The van der Waals surface area contributed by atoms with E-state index in [1.54, 1.807) is 0 Å². The van der Waals surface area contributed by atoms with Crippen LogP contribution in [0.2, 0.25) is 0 Å². The number of halogens is 6. The van der Waals surface area contributed by atoms with Crippen molar-refractivity contribution in [2.45, 2.75) is 31.1 Å². The third-order valence-corrected chi connectivity index (χ3v) is 5.62. The first-order chi connectivity index (χ1) is 16.8. The lowest BCUT2D eigenvalue weighted by Gasteiger charge is -2.34. The van der Waals surface area contributed by atoms with Gasteiger partial charge in [0.2, 0.25) is 0 Å². The van der Waals surface area contributed by atoms with Gasteiger partial charge in [0.15, 0.2) is 12.2 Å². The predicted molar refractivity (Wildman–Crippen MR) is 111 cm³/mol. The first kappa shape index (κ1) is 25.4. The number of nitrogens with one attached hydrogen (secondary N) is 2. The second-order valence-corrected chi connectivity index (χ2v) is 8.03. The molecule has 0 aromatic heterocycles. The number of ether oxygens (including phenoxy) is 1. The molecule has 0 spiro atoms. The molecule has 8 nitrogen and oxygen atoms in total. The van der Waals surface area contributed by atoms with Gasteiger partial charge in [0.1, 0.15) is 0 Å². The summed E-state index contributed by atoms with van der Waals surface area (Å²) in [6, 6.07) is 4.97. The van der Waals surface area contributed by atoms with Gasteiger partial charge in [-0.3, -0.25) is 14.4 Å². The molecule has 192 valence electrons. The number of fused-ring (bicyclic) bond motifs is 1. The highest BCUT2D eigenvalue weighted by Gasteiger charge is 2.42. The molecule has 2 aromatic rings. The molecule has 1 fully saturated rings. The van der Waals surface area contributed by atoms with Gasteiger partial charge in [-0.2, -0.15) is 26.3 Å². The minimum absolute atomic E-state index is 0.0755. The first-order valence-electron chi connectivity index (χ1n) is 10.4. The Morgan fingerprint density at radius 3 is 2.31 bits per heavy atom. The number of benzene rings is 2. The van der Waals surface area contributed by atoms with Crippen molar-refractivity contribution in [3.05, 3.63) is 58.7 Å². The molecule has 0 radical (unpaired) electrons. The highest BCUT2D eigenvalue weighted by Crippen LogP contribution is 2.39. The maximum Gasteiger partial charge on any atom is 0.416 e. The number of rotatable bonds is 4. The molecule has 14 heteroatoms. The number of nitrogens with zero attached hydrogens (tertiary/aromatic N) is 1. The van der Waals surface area contributed by atoms with Crippen molar-refractivity contribution >= 4 is 29.1 Å². The fourth-order valence-electron chi connectivity index (χ4n) is 3.85. The first-order valence-corrected chi connectivity index (χ1v) is 10.4. The molecule has 2 heterocycles. The van der Waals surface area contributed by atoms with Crippen LogP contribution >= 0.6 is 0 Å². The summed E-state index contributed by atoms with van der Waals surface area (Å²) in [5.74, 6) is -2.60. The highest BCUT2D eigenvalue weighted by atomic mass is 19.4. The fraction of sp³-hybridized carbons (Fsp3) is 0.318. The molecule has 4 rings (SSSR count). The van der Waals surface area contributed by atoms with Gasteiger partial charge >= 0.3 is 12.4 Å². The molecule has 3 amide bonds. The molecule has 0 saturated carbocycles. The zero-order chi connectivity index (χ0) is 26.4. The summed E-state index contributed by atoms with van der Waals surface area (Å²) in [7, 11) is 0. The van der Waals surface area contributed by atoms with E-state index in [9.17, 15) is 45.8 Å². The summed E-state index contributed by atoms with van der Waals surface area (Å²) in [5.41, 5.74) is -2.79. The molecule has 2 aromatic carbocycles. The van der Waals surface area contributed by atoms with Crippen LogP contribution in [-0.4, -0.2) is 48.2 Å². The summed E-state index contributed by atoms with van der Waals surface area (Å²) < 4.78 is 84.4. The molecule has 0 aliphatic carbocycles. The summed E-state index contributed by atoms with van der Waals surface area (Å²) in [5, 5.41) is 15.4. The van der Waals surface area contributed by atoms with E-state index in [0.29, 0.717) is 28.2 Å². The van der Waals surface area contributed by atoms with Gasteiger partial charge in [0.05, 0.1) is 17.7 Å². The van der Waals surface area contributed by atoms with Crippen LogP contribution in [0.4, 0.5) is 37.7 Å². The van der Waals surface area contributed by atoms with Crippen molar-refractivity contribution in [2.24, 2.45) is 0 Å². The van der Waals surface area contributed by atoms with Gasteiger partial charge in [-0.05, 0) is 42.0 Å². The predicted octanol–water partition coefficient (Wildman–Crippen LogP) is 2.70. The zero-order valence-corrected chi connectivity index (χ0v) is 18.0. The van der Waals surface area contributed by atoms with Gasteiger partial charge in [0.25, 0.3) is 17.7 Å². The standard InChI is InChI=1S/C22H17F6N3O5/c23-21(24,25)11-6-12(22(26,27)28)8-14(7-11)31-3-4-36-17(20(31)35)16(32)19(34)30-13-1-2-15-10(5-13)9-29-18(15)33/h1-2,5-8,16-17,32H,3-4,9H2,(H,29,33)(H,30,34). The van der Waals surface area contributed by atoms with Crippen LogP contribution in [0.15, 0.2) is 36.4 Å². The van der Waals surface area contributed by atoms with Crippen molar-refractivity contribution < 1.29 is 50.6 Å². The third kappa shape index (κ3) is 4.99. The van der Waals surface area contributed by atoms with E-state index in [0.717, 1.165) is 0 Å². The molecule has 2 aliphatic heterocycles. The van der Waals surface area contributed by atoms with Crippen LogP contribution in [-0.2, 0) is 33.2 Å². The second-order valence-electron chi connectivity index (χ2n) is 8.03. The monoisotopic (exact) mass is 517 g/mol. The van der Waals surface area contributed by atoms with Crippen LogP contribution in [0.25, 0.3) is 0 Å². The SMILES string of the molecule is O=C1NCc2cc(NC(=O)C(O)C3OCCN(c4cc(C(F)(F)F)cc(C(F)(F)F)c4)C3=O)ccc21. The van der Waals surface area contributed by atoms with Crippen LogP contribution in [0, 0.1) is 0 Å². The molecule has 2 unspecified atom stereocenters. The normalized spacial score (nSPS) is 19.1. The van der Waals surface area contributed by atoms with Gasteiger partial charge in [-0.25, -0.2) is 0 Å². The maximum atomic E-state index is 13.2. The van der Waals surface area contributed by atoms with Crippen molar-refractivity contribution in [3.8, 4) is 0 Å². The minimum Gasteiger partial charge on any atom is -0.380 e. The van der Waals surface area contributed by atoms with Gasteiger partial charge in [-0.15, -0.1) is 0 Å². The highest BCUT2D eigenvalue weighted by molar-refractivity contribution is 6.04. The Balaban J connectivity index is 1.55. The van der Waals surface area contributed by atoms with E-state index >= 15 is 0 Å². The lowest BCUT2D eigenvalue weighted by Crippen LogP contribution is -2.55. The summed E-state index contributed by atoms with van der Waals surface area (Å²) in [4.78, 5) is 37.7. The molecule has 2 aliphatic rings. The van der Waals surface area contributed by atoms with Crippen molar-refractivity contribution in [3.63, 3.8) is 0 Å². The molecule has 3 N–H and O–H groups in total. The van der Waals surface area contributed by atoms with E-state index in [1.807, 2.05) is 0 Å². The van der Waals surface area contributed by atoms with Gasteiger partial charge < -0.3 is 25.4 Å². The average Bonchev–Trinajstić information content (AvgIpc) is 3.17. The lowest BCUT2D eigenvalue weighted by molar-refractivity contribution is -0.150. The molecule has 0 bridgehead atoms. The number of carbonyl (C=O) groups excluding carboxylic acids is 3. The molecular weight excluding hydrogens is 500 g/mol. The Bertz CT molecular complexity index is 1200. The number of anilines is 2. The Morgan fingerprint density at radius 2 is 1.69 bits per heavy atom. The van der Waals surface area contributed by atoms with Crippen LogP contribution < -0.4 is 15.5 Å². The molecule has 36 heavy (non-hydrogen) atoms. The number of aliphatic hydroxyl groups excluding tert-OH is 1. The van der Waals surface area contributed by atoms with Gasteiger partial charge in [0, 0.05) is 30.0 Å². The summed E-state index contributed by atoms with van der Waals surface area (Å²) >= 11 is 0. The minimum atomic E-state index is -5.12. The number of amides is 3. The van der Waals surface area contributed by atoms with Crippen molar-refractivity contribution in [1.82, 2.24) is 5.32 Å². The number of hydrogen-bond acceptors (Lipinski definition) is 5. The Morgan fingerprint density at radius 1 is 1.06 bits per heavy atom. The van der Waals surface area contributed by atoms with Crippen molar-refractivity contribution in [2.75, 3.05) is 23.4 Å². The van der Waals surface area contributed by atoms with E-state index in [1.165, 1.54) is 18.2 Å². The smallest absolute Gasteiger partial charge is 0.380 e. The van der Waals surface area contributed by atoms with Crippen molar-refractivity contribution in [1.29, 1.82) is 0 Å².